The van der Waals surface area contributed by atoms with Gasteiger partial charge in [0.15, 0.2) is 11.6 Å². The predicted octanol–water partition coefficient (Wildman–Crippen LogP) is 3.02. The van der Waals surface area contributed by atoms with E-state index in [1.54, 1.807) is 6.08 Å². The van der Waals surface area contributed by atoms with Crippen molar-refractivity contribution in [1.29, 1.82) is 0 Å². The molecule has 0 aliphatic carbocycles. The summed E-state index contributed by atoms with van der Waals surface area (Å²) in [5.74, 6) is -1.79. The first kappa shape index (κ1) is 13.5. The Bertz CT molecular complexity index is 381. The van der Waals surface area contributed by atoms with Crippen LogP contribution in [0.5, 0.6) is 0 Å². The zero-order valence-corrected chi connectivity index (χ0v) is 9.36. The van der Waals surface area contributed by atoms with Crippen molar-refractivity contribution in [3.63, 3.8) is 0 Å². The Hall–Kier alpha value is -1.55. The molecule has 0 radical (unpaired) electrons. The molecule has 0 aromatic heterocycles. The number of ether oxygens (including phenoxy) is 1. The van der Waals surface area contributed by atoms with Crippen LogP contribution in [-0.2, 0) is 16.1 Å². The molecule has 17 heavy (non-hydrogen) atoms. The SMILES string of the molecule is C=CCC(CC=O)OCc1ccc(F)c(F)c1. The van der Waals surface area contributed by atoms with Crippen molar-refractivity contribution in [3.05, 3.63) is 48.1 Å². The third kappa shape index (κ3) is 4.44. The van der Waals surface area contributed by atoms with Crippen molar-refractivity contribution in [2.24, 2.45) is 0 Å². The Kier molecular flexibility index (Phi) is 5.49. The van der Waals surface area contributed by atoms with Gasteiger partial charge in [-0.05, 0) is 24.1 Å². The van der Waals surface area contributed by atoms with Gasteiger partial charge in [-0.25, -0.2) is 8.78 Å². The van der Waals surface area contributed by atoms with Crippen molar-refractivity contribution in [1.82, 2.24) is 0 Å². The smallest absolute Gasteiger partial charge is 0.159 e. The number of halogens is 2. The summed E-state index contributed by atoms with van der Waals surface area (Å²) >= 11 is 0. The fourth-order valence-electron chi connectivity index (χ4n) is 1.37. The maximum atomic E-state index is 12.9. The second-order valence-corrected chi connectivity index (χ2v) is 3.61. The van der Waals surface area contributed by atoms with E-state index in [1.165, 1.54) is 6.07 Å². The van der Waals surface area contributed by atoms with Crippen LogP contribution in [0.25, 0.3) is 0 Å². The quantitative estimate of drug-likeness (QED) is 0.541. The monoisotopic (exact) mass is 240 g/mol. The molecule has 0 spiro atoms. The average molecular weight is 240 g/mol. The standard InChI is InChI=1S/C13H14F2O2/c1-2-3-11(6-7-16)17-9-10-4-5-12(14)13(15)8-10/h2,4-5,7-8,11H,1,3,6,9H2. The van der Waals surface area contributed by atoms with Crippen LogP contribution in [0.1, 0.15) is 18.4 Å². The lowest BCUT2D eigenvalue weighted by Crippen LogP contribution is -2.12. The van der Waals surface area contributed by atoms with E-state index in [2.05, 4.69) is 6.58 Å². The van der Waals surface area contributed by atoms with Gasteiger partial charge >= 0.3 is 0 Å². The molecule has 0 N–H and O–H groups in total. The molecule has 4 heteroatoms. The normalized spacial score (nSPS) is 12.1. The highest BCUT2D eigenvalue weighted by molar-refractivity contribution is 5.50. The van der Waals surface area contributed by atoms with E-state index in [-0.39, 0.29) is 19.1 Å². The van der Waals surface area contributed by atoms with E-state index < -0.39 is 11.6 Å². The third-order valence-corrected chi connectivity index (χ3v) is 2.26. The molecule has 0 bridgehead atoms. The van der Waals surface area contributed by atoms with Crippen LogP contribution in [0.15, 0.2) is 30.9 Å². The van der Waals surface area contributed by atoms with Crippen LogP contribution < -0.4 is 0 Å². The highest BCUT2D eigenvalue weighted by Crippen LogP contribution is 2.12. The van der Waals surface area contributed by atoms with Gasteiger partial charge in [-0.2, -0.15) is 0 Å². The molecule has 2 nitrogen and oxygen atoms in total. The minimum Gasteiger partial charge on any atom is -0.373 e. The molecule has 0 amide bonds. The number of carbonyl (C=O) groups excluding carboxylic acids is 1. The van der Waals surface area contributed by atoms with Gasteiger partial charge in [0.1, 0.15) is 6.29 Å². The Labute approximate surface area is 98.9 Å². The van der Waals surface area contributed by atoms with Crippen LogP contribution in [0.2, 0.25) is 0 Å². The largest absolute Gasteiger partial charge is 0.373 e. The minimum absolute atomic E-state index is 0.142. The van der Waals surface area contributed by atoms with Gasteiger partial charge in [-0.3, -0.25) is 0 Å². The Balaban J connectivity index is 2.55. The first-order chi connectivity index (χ1) is 8.17. The lowest BCUT2D eigenvalue weighted by molar-refractivity contribution is -0.110. The minimum atomic E-state index is -0.901. The van der Waals surface area contributed by atoms with E-state index in [0.29, 0.717) is 12.0 Å². The summed E-state index contributed by atoms with van der Waals surface area (Å²) in [4.78, 5) is 10.4. The number of hydrogen-bond acceptors (Lipinski definition) is 2. The summed E-state index contributed by atoms with van der Waals surface area (Å²) in [6.45, 7) is 3.70. The summed E-state index contributed by atoms with van der Waals surface area (Å²) in [5.41, 5.74) is 0.531. The Morgan fingerprint density at radius 3 is 2.65 bits per heavy atom. The summed E-state index contributed by atoms with van der Waals surface area (Å²) in [6, 6.07) is 3.59. The summed E-state index contributed by atoms with van der Waals surface area (Å²) in [5, 5.41) is 0. The fourth-order valence-corrected chi connectivity index (χ4v) is 1.37. The van der Waals surface area contributed by atoms with Gasteiger partial charge in [0, 0.05) is 6.42 Å². The van der Waals surface area contributed by atoms with Crippen molar-refractivity contribution >= 4 is 6.29 Å². The molecule has 0 fully saturated rings. The van der Waals surface area contributed by atoms with E-state index in [4.69, 9.17) is 4.74 Å². The molecule has 0 saturated carbocycles. The van der Waals surface area contributed by atoms with Crippen LogP contribution in [0, 0.1) is 11.6 Å². The van der Waals surface area contributed by atoms with Gasteiger partial charge in [0.25, 0.3) is 0 Å². The lowest BCUT2D eigenvalue weighted by atomic mass is 10.2. The zero-order chi connectivity index (χ0) is 12.7. The van der Waals surface area contributed by atoms with Gasteiger partial charge in [0.05, 0.1) is 12.7 Å². The van der Waals surface area contributed by atoms with E-state index in [0.717, 1.165) is 18.4 Å². The van der Waals surface area contributed by atoms with E-state index >= 15 is 0 Å². The Morgan fingerprint density at radius 2 is 2.06 bits per heavy atom. The topological polar surface area (TPSA) is 26.3 Å². The lowest BCUT2D eigenvalue weighted by Gasteiger charge is -2.13. The molecule has 0 aliphatic heterocycles. The van der Waals surface area contributed by atoms with E-state index in [9.17, 15) is 13.6 Å². The van der Waals surface area contributed by atoms with Gasteiger partial charge in [-0.15, -0.1) is 6.58 Å². The highest BCUT2D eigenvalue weighted by Gasteiger charge is 2.08. The number of carbonyl (C=O) groups is 1. The molecule has 1 rings (SSSR count). The third-order valence-electron chi connectivity index (χ3n) is 2.26. The Morgan fingerprint density at radius 1 is 1.29 bits per heavy atom. The zero-order valence-electron chi connectivity index (χ0n) is 9.36. The first-order valence-corrected chi connectivity index (χ1v) is 5.27. The summed E-state index contributed by atoms with van der Waals surface area (Å²) in [7, 11) is 0. The molecule has 1 aromatic carbocycles. The predicted molar refractivity (Wildman–Crippen MR) is 60.4 cm³/mol. The molecule has 92 valence electrons. The first-order valence-electron chi connectivity index (χ1n) is 5.27. The molecule has 0 aliphatic rings. The molecular weight excluding hydrogens is 226 g/mol. The van der Waals surface area contributed by atoms with Gasteiger partial charge in [-0.1, -0.05) is 12.1 Å². The molecule has 1 unspecified atom stereocenters. The molecular formula is C13H14F2O2. The van der Waals surface area contributed by atoms with Crippen molar-refractivity contribution in [2.45, 2.75) is 25.6 Å². The van der Waals surface area contributed by atoms with Gasteiger partial charge in [0.2, 0.25) is 0 Å². The number of hydrogen-bond donors (Lipinski definition) is 0. The maximum absolute atomic E-state index is 12.9. The maximum Gasteiger partial charge on any atom is 0.159 e. The van der Waals surface area contributed by atoms with Crippen LogP contribution in [0.3, 0.4) is 0 Å². The molecule has 0 heterocycles. The van der Waals surface area contributed by atoms with Crippen LogP contribution >= 0.6 is 0 Å². The van der Waals surface area contributed by atoms with E-state index in [1.807, 2.05) is 0 Å². The number of benzene rings is 1. The van der Waals surface area contributed by atoms with Crippen molar-refractivity contribution in [3.8, 4) is 0 Å². The van der Waals surface area contributed by atoms with Crippen LogP contribution in [-0.4, -0.2) is 12.4 Å². The highest BCUT2D eigenvalue weighted by atomic mass is 19.2. The van der Waals surface area contributed by atoms with Crippen molar-refractivity contribution < 1.29 is 18.3 Å². The molecule has 0 saturated heterocycles. The molecule has 1 aromatic rings. The summed E-state index contributed by atoms with van der Waals surface area (Å²) < 4.78 is 31.0. The average Bonchev–Trinajstić information content (AvgIpc) is 2.31. The second kappa shape index (κ2) is 6.91. The van der Waals surface area contributed by atoms with Gasteiger partial charge < -0.3 is 9.53 Å². The fraction of sp³-hybridized carbons (Fsp3) is 0.308. The van der Waals surface area contributed by atoms with Crippen LogP contribution in [0.4, 0.5) is 8.78 Å². The number of aldehydes is 1. The summed E-state index contributed by atoms with van der Waals surface area (Å²) in [6.07, 6.45) is 2.95. The number of rotatable bonds is 7. The molecule has 1 atom stereocenters. The second-order valence-electron chi connectivity index (χ2n) is 3.61. The van der Waals surface area contributed by atoms with Crippen molar-refractivity contribution in [2.75, 3.05) is 0 Å².